The second-order valence-electron chi connectivity index (χ2n) is 10.5. The van der Waals surface area contributed by atoms with Crippen molar-refractivity contribution in [2.24, 2.45) is 0 Å². The van der Waals surface area contributed by atoms with Crippen LogP contribution in [0.15, 0.2) is 54.7 Å². The van der Waals surface area contributed by atoms with Crippen LogP contribution in [0.5, 0.6) is 17.2 Å². The summed E-state index contributed by atoms with van der Waals surface area (Å²) in [7, 11) is 1.51. The maximum absolute atomic E-state index is 13.3. The summed E-state index contributed by atoms with van der Waals surface area (Å²) in [5, 5.41) is 11.3. The number of benzene rings is 2. The quantitative estimate of drug-likeness (QED) is 0.263. The number of halogens is 1. The lowest BCUT2D eigenvalue weighted by Crippen LogP contribution is -2.47. The van der Waals surface area contributed by atoms with Crippen LogP contribution in [0.4, 0.5) is 4.79 Å². The van der Waals surface area contributed by atoms with Crippen LogP contribution in [0.1, 0.15) is 60.3 Å². The average molecular weight is 553 g/mol. The van der Waals surface area contributed by atoms with E-state index >= 15 is 0 Å². The Balaban J connectivity index is 1.55. The number of rotatable bonds is 8. The molecule has 0 spiro atoms. The molecule has 0 bridgehead atoms. The van der Waals surface area contributed by atoms with Crippen molar-refractivity contribution >= 4 is 24.0 Å². The molecule has 2 aromatic carbocycles. The van der Waals surface area contributed by atoms with Crippen molar-refractivity contribution in [2.75, 3.05) is 13.7 Å². The number of aryl methyl sites for hydroxylation is 1. The molecule has 8 nitrogen and oxygen atoms in total. The third kappa shape index (κ3) is 7.28. The number of methoxy groups -OCH3 is 1. The van der Waals surface area contributed by atoms with Gasteiger partial charge in [-0.25, -0.2) is 9.78 Å². The molecule has 0 fully saturated rings. The number of pyridine rings is 1. The van der Waals surface area contributed by atoms with E-state index in [-0.39, 0.29) is 12.6 Å². The van der Waals surface area contributed by atoms with Gasteiger partial charge in [0.05, 0.1) is 25.3 Å². The fraction of sp³-hybridized carbons (Fsp3) is 0.367. The molecule has 2 atom stereocenters. The standard InChI is InChI=1S/C30H33ClN2O6/c1-30(2,3)39-29(36)33(17-26(35)20-7-12-28(31)32-16-20)23-8-5-19-6-9-24(14-21(19)13-23)38-25-10-11-27(37-4)22(15-25)18-34/h6-7,9-12,14-16,18,23,26,35H,5,8,13,17H2,1-4H3/t23-,26-/m0/s1. The highest BCUT2D eigenvalue weighted by molar-refractivity contribution is 6.29. The van der Waals surface area contributed by atoms with E-state index in [1.807, 2.05) is 39.0 Å². The highest BCUT2D eigenvalue weighted by Crippen LogP contribution is 2.33. The van der Waals surface area contributed by atoms with E-state index in [2.05, 4.69) is 4.98 Å². The SMILES string of the molecule is COc1ccc(Oc2ccc3c(c2)C[C@@H](N(C[C@H](O)c2ccc(Cl)nc2)C(=O)OC(C)(C)C)CC3)cc1C=O. The number of aliphatic hydroxyl groups excluding tert-OH is 1. The Kier molecular flexibility index (Phi) is 8.77. The van der Waals surface area contributed by atoms with Crippen molar-refractivity contribution in [3.8, 4) is 17.2 Å². The number of nitrogens with zero attached hydrogens (tertiary/aromatic N) is 2. The van der Waals surface area contributed by atoms with Crippen molar-refractivity contribution in [3.05, 3.63) is 82.1 Å². The van der Waals surface area contributed by atoms with Crippen LogP contribution in [-0.2, 0) is 17.6 Å². The lowest BCUT2D eigenvalue weighted by atomic mass is 9.87. The Morgan fingerprint density at radius 1 is 1.15 bits per heavy atom. The largest absolute Gasteiger partial charge is 0.496 e. The van der Waals surface area contributed by atoms with Crippen LogP contribution < -0.4 is 9.47 Å². The molecule has 1 heterocycles. The van der Waals surface area contributed by atoms with Gasteiger partial charge in [-0.3, -0.25) is 4.79 Å². The highest BCUT2D eigenvalue weighted by Gasteiger charge is 2.33. The predicted molar refractivity (Wildman–Crippen MR) is 148 cm³/mol. The molecule has 0 unspecified atom stereocenters. The first kappa shape index (κ1) is 28.4. The summed E-state index contributed by atoms with van der Waals surface area (Å²) in [5.41, 5.74) is 2.50. The molecule has 1 aromatic heterocycles. The number of amides is 1. The van der Waals surface area contributed by atoms with Crippen LogP contribution in [-0.4, -0.2) is 52.7 Å². The molecule has 0 saturated carbocycles. The van der Waals surface area contributed by atoms with Crippen LogP contribution in [0, 0.1) is 0 Å². The van der Waals surface area contributed by atoms with Crippen molar-refractivity contribution in [1.29, 1.82) is 0 Å². The number of carbonyl (C=O) groups excluding carboxylic acids is 2. The summed E-state index contributed by atoms with van der Waals surface area (Å²) in [5.74, 6) is 1.61. The summed E-state index contributed by atoms with van der Waals surface area (Å²) in [6.45, 7) is 5.50. The van der Waals surface area contributed by atoms with Gasteiger partial charge in [0.25, 0.3) is 0 Å². The van der Waals surface area contributed by atoms with Gasteiger partial charge in [-0.05, 0) is 87.6 Å². The predicted octanol–water partition coefficient (Wildman–Crippen LogP) is 6.18. The molecule has 0 radical (unpaired) electrons. The van der Waals surface area contributed by atoms with Crippen molar-refractivity contribution in [2.45, 2.75) is 57.8 Å². The van der Waals surface area contributed by atoms with Gasteiger partial charge in [0.15, 0.2) is 6.29 Å². The first-order valence-electron chi connectivity index (χ1n) is 12.8. The normalized spacial score (nSPS) is 15.6. The molecule has 0 aliphatic heterocycles. The first-order valence-corrected chi connectivity index (χ1v) is 13.2. The van der Waals surface area contributed by atoms with E-state index < -0.39 is 17.8 Å². The van der Waals surface area contributed by atoms with Gasteiger partial charge in [0, 0.05) is 17.8 Å². The zero-order valence-electron chi connectivity index (χ0n) is 22.5. The zero-order valence-corrected chi connectivity index (χ0v) is 23.3. The second-order valence-corrected chi connectivity index (χ2v) is 10.9. The number of hydrogen-bond acceptors (Lipinski definition) is 7. The fourth-order valence-electron chi connectivity index (χ4n) is 4.62. The maximum atomic E-state index is 13.3. The molecule has 3 aromatic rings. The van der Waals surface area contributed by atoms with Crippen LogP contribution in [0.25, 0.3) is 0 Å². The Morgan fingerprint density at radius 2 is 1.90 bits per heavy atom. The zero-order chi connectivity index (χ0) is 28.2. The summed E-state index contributed by atoms with van der Waals surface area (Å²) in [6.07, 6.45) is 2.84. The smallest absolute Gasteiger partial charge is 0.410 e. The topological polar surface area (TPSA) is 98.2 Å². The van der Waals surface area contributed by atoms with Gasteiger partial charge in [0.1, 0.15) is 28.0 Å². The molecule has 4 rings (SSSR count). The van der Waals surface area contributed by atoms with Gasteiger partial charge < -0.3 is 24.2 Å². The van der Waals surface area contributed by atoms with Gasteiger partial charge in [-0.15, -0.1) is 0 Å². The summed E-state index contributed by atoms with van der Waals surface area (Å²) in [4.78, 5) is 30.4. The highest BCUT2D eigenvalue weighted by atomic mass is 35.5. The lowest BCUT2D eigenvalue weighted by Gasteiger charge is -2.37. The summed E-state index contributed by atoms with van der Waals surface area (Å²) < 4.78 is 17.0. The Labute approximate surface area is 233 Å². The van der Waals surface area contributed by atoms with Gasteiger partial charge >= 0.3 is 6.09 Å². The number of fused-ring (bicyclic) bond motifs is 1. The number of carbonyl (C=O) groups is 2. The van der Waals surface area contributed by atoms with Gasteiger partial charge in [-0.2, -0.15) is 0 Å². The minimum absolute atomic E-state index is 0.0503. The number of ether oxygens (including phenoxy) is 3. The van der Waals surface area contributed by atoms with Crippen LogP contribution in [0.2, 0.25) is 5.15 Å². The number of aromatic nitrogens is 1. The number of hydrogen-bond donors (Lipinski definition) is 1. The first-order chi connectivity index (χ1) is 18.6. The molecular formula is C30H33ClN2O6. The summed E-state index contributed by atoms with van der Waals surface area (Å²) in [6, 6.07) is 14.0. The molecule has 1 amide bonds. The molecule has 0 saturated heterocycles. The van der Waals surface area contributed by atoms with E-state index in [4.69, 9.17) is 25.8 Å². The average Bonchev–Trinajstić information content (AvgIpc) is 2.90. The second kappa shape index (κ2) is 12.1. The molecule has 1 aliphatic carbocycles. The molecule has 39 heavy (non-hydrogen) atoms. The maximum Gasteiger partial charge on any atom is 0.410 e. The van der Waals surface area contributed by atoms with Crippen molar-refractivity contribution in [1.82, 2.24) is 9.88 Å². The van der Waals surface area contributed by atoms with Crippen LogP contribution in [0.3, 0.4) is 0 Å². The minimum Gasteiger partial charge on any atom is -0.496 e. The third-order valence-corrected chi connectivity index (χ3v) is 6.74. The van der Waals surface area contributed by atoms with Crippen molar-refractivity contribution < 1.29 is 28.9 Å². The van der Waals surface area contributed by atoms with Gasteiger partial charge in [0.2, 0.25) is 0 Å². The number of aldehydes is 1. The third-order valence-electron chi connectivity index (χ3n) is 6.52. The Hall–Kier alpha value is -3.62. The minimum atomic E-state index is -0.958. The van der Waals surface area contributed by atoms with E-state index in [1.54, 1.807) is 35.2 Å². The van der Waals surface area contributed by atoms with Crippen LogP contribution >= 0.6 is 11.6 Å². The molecule has 9 heteroatoms. The molecule has 1 N–H and O–H groups in total. The fourth-order valence-corrected chi connectivity index (χ4v) is 4.73. The van der Waals surface area contributed by atoms with E-state index in [1.165, 1.54) is 18.9 Å². The Bertz CT molecular complexity index is 1320. The molecular weight excluding hydrogens is 520 g/mol. The Morgan fingerprint density at radius 3 is 2.56 bits per heavy atom. The summed E-state index contributed by atoms with van der Waals surface area (Å²) >= 11 is 5.90. The monoisotopic (exact) mass is 552 g/mol. The van der Waals surface area contributed by atoms with Crippen molar-refractivity contribution in [3.63, 3.8) is 0 Å². The lowest BCUT2D eigenvalue weighted by molar-refractivity contribution is 0.00191. The van der Waals surface area contributed by atoms with E-state index in [0.29, 0.717) is 39.9 Å². The van der Waals surface area contributed by atoms with Gasteiger partial charge in [-0.1, -0.05) is 23.7 Å². The van der Waals surface area contributed by atoms with E-state index in [9.17, 15) is 14.7 Å². The van der Waals surface area contributed by atoms with E-state index in [0.717, 1.165) is 24.7 Å². The molecule has 1 aliphatic rings. The molecule has 206 valence electrons. The number of aliphatic hydroxyl groups is 1.